The highest BCUT2D eigenvalue weighted by molar-refractivity contribution is 5.87. The van der Waals surface area contributed by atoms with Crippen LogP contribution in [0.1, 0.15) is 56.3 Å². The number of aromatic nitrogens is 1. The molecule has 12 nitrogen and oxygen atoms in total. The Kier molecular flexibility index (Phi) is 10.9. The van der Waals surface area contributed by atoms with Crippen LogP contribution in [0.2, 0.25) is 0 Å². The Morgan fingerprint density at radius 2 is 1.77 bits per heavy atom. The molecule has 0 aliphatic rings. The fourth-order valence-corrected chi connectivity index (χ4v) is 4.95. The molecule has 0 fully saturated rings. The largest absolute Gasteiger partial charge is 0.496 e. The Hall–Kier alpha value is -5.59. The third-order valence-electron chi connectivity index (χ3n) is 7.29. The van der Waals surface area contributed by atoms with E-state index in [-0.39, 0.29) is 29.8 Å². The highest BCUT2D eigenvalue weighted by Gasteiger charge is 2.24. The molecular weight excluding hydrogens is 623 g/mol. The van der Waals surface area contributed by atoms with Crippen molar-refractivity contribution in [1.82, 2.24) is 9.88 Å². The summed E-state index contributed by atoms with van der Waals surface area (Å²) in [6, 6.07) is 15.0. The Balaban J connectivity index is 1.40. The standard InChI is InChI=1S/C35H39FN4O8/c1-20(19-47-33(44)39-23-9-7-8-21(14-23)18-40(5)34(45)48-35(2,3)4)25-12-10-22(15-29(25)46-6)30(32(42)43)38-24-11-13-26-27(16-24)31(41)37-17-28(26)36/h7-17,20,30,38H,18-19H2,1-6H3,(H,37,41)(H,39,44)(H,42,43)/t20-,30?/m0/s1. The Morgan fingerprint density at radius 3 is 2.46 bits per heavy atom. The number of amides is 2. The van der Waals surface area contributed by atoms with Gasteiger partial charge in [0.1, 0.15) is 17.2 Å². The number of fused-ring (bicyclic) bond motifs is 1. The smallest absolute Gasteiger partial charge is 0.411 e. The monoisotopic (exact) mass is 662 g/mol. The van der Waals surface area contributed by atoms with E-state index in [9.17, 15) is 28.7 Å². The summed E-state index contributed by atoms with van der Waals surface area (Å²) in [6.45, 7) is 7.46. The number of H-pyrrole nitrogens is 1. The third-order valence-corrected chi connectivity index (χ3v) is 7.29. The molecule has 0 bridgehead atoms. The fraction of sp³-hybridized carbons (Fsp3) is 0.314. The number of nitrogens with one attached hydrogen (secondary N) is 3. The van der Waals surface area contributed by atoms with E-state index in [0.717, 1.165) is 11.8 Å². The lowest BCUT2D eigenvalue weighted by molar-refractivity contribution is -0.138. The van der Waals surface area contributed by atoms with Gasteiger partial charge in [-0.25, -0.2) is 18.8 Å². The van der Waals surface area contributed by atoms with Crippen molar-refractivity contribution in [2.24, 2.45) is 0 Å². The topological polar surface area (TPSA) is 159 Å². The highest BCUT2D eigenvalue weighted by Crippen LogP contribution is 2.32. The van der Waals surface area contributed by atoms with Gasteiger partial charge >= 0.3 is 18.2 Å². The number of halogens is 1. The van der Waals surface area contributed by atoms with Crippen molar-refractivity contribution < 1.29 is 38.1 Å². The molecule has 0 radical (unpaired) electrons. The molecule has 3 aromatic carbocycles. The maximum atomic E-state index is 14.1. The fourth-order valence-electron chi connectivity index (χ4n) is 4.95. The van der Waals surface area contributed by atoms with E-state index in [1.807, 2.05) is 13.0 Å². The Morgan fingerprint density at radius 1 is 1.02 bits per heavy atom. The van der Waals surface area contributed by atoms with Crippen LogP contribution < -0.4 is 20.9 Å². The van der Waals surface area contributed by atoms with Gasteiger partial charge in [0.15, 0.2) is 6.04 Å². The summed E-state index contributed by atoms with van der Waals surface area (Å²) in [7, 11) is 3.07. The second kappa shape index (κ2) is 14.9. The SMILES string of the molecule is COc1cc(C(Nc2ccc3c(F)c[nH]c(=O)c3c2)C(=O)O)ccc1[C@@H](C)COC(=O)Nc1cccc(CN(C)C(=O)OC(C)(C)C)c1. The molecule has 0 aliphatic carbocycles. The third kappa shape index (κ3) is 9.02. The molecule has 4 rings (SSSR count). The van der Waals surface area contributed by atoms with Crippen LogP contribution in [0.15, 0.2) is 71.7 Å². The zero-order valence-electron chi connectivity index (χ0n) is 27.5. The Labute approximate surface area is 276 Å². The number of hydrogen-bond acceptors (Lipinski definition) is 8. The van der Waals surface area contributed by atoms with Crippen LogP contribution in [0.3, 0.4) is 0 Å². The predicted molar refractivity (Wildman–Crippen MR) is 179 cm³/mol. The molecule has 0 aliphatic heterocycles. The lowest BCUT2D eigenvalue weighted by Gasteiger charge is -2.24. The van der Waals surface area contributed by atoms with Crippen LogP contribution in [-0.2, 0) is 20.8 Å². The quantitative estimate of drug-likeness (QED) is 0.138. The molecule has 4 aromatic rings. The number of aromatic amines is 1. The van der Waals surface area contributed by atoms with E-state index in [2.05, 4.69) is 15.6 Å². The minimum atomic E-state index is -1.23. The number of carbonyl (C=O) groups is 3. The zero-order chi connectivity index (χ0) is 35.2. The molecule has 13 heteroatoms. The van der Waals surface area contributed by atoms with E-state index < -0.39 is 41.2 Å². The van der Waals surface area contributed by atoms with Gasteiger partial charge in [0.25, 0.3) is 5.56 Å². The van der Waals surface area contributed by atoms with Gasteiger partial charge in [-0.05, 0) is 68.3 Å². The summed E-state index contributed by atoms with van der Waals surface area (Å²) in [4.78, 5) is 53.2. The molecule has 1 aromatic heterocycles. The van der Waals surface area contributed by atoms with Gasteiger partial charge in [-0.2, -0.15) is 0 Å². The lowest BCUT2D eigenvalue weighted by Crippen LogP contribution is -2.33. The molecule has 2 atom stereocenters. The predicted octanol–water partition coefficient (Wildman–Crippen LogP) is 6.63. The molecule has 1 heterocycles. The molecule has 1 unspecified atom stereocenters. The summed E-state index contributed by atoms with van der Waals surface area (Å²) in [6.07, 6.45) is -0.174. The molecule has 4 N–H and O–H groups in total. The number of pyridine rings is 1. The lowest BCUT2D eigenvalue weighted by atomic mass is 9.96. The summed E-state index contributed by atoms with van der Waals surface area (Å²) in [5.74, 6) is -1.73. The number of ether oxygens (including phenoxy) is 3. The molecule has 2 amide bonds. The van der Waals surface area contributed by atoms with Crippen molar-refractivity contribution in [1.29, 1.82) is 0 Å². The first kappa shape index (κ1) is 35.3. The van der Waals surface area contributed by atoms with Crippen molar-refractivity contribution >= 4 is 40.3 Å². The molecular formula is C35H39FN4O8. The van der Waals surface area contributed by atoms with E-state index in [1.54, 1.807) is 64.2 Å². The second-order valence-corrected chi connectivity index (χ2v) is 12.3. The first-order valence-electron chi connectivity index (χ1n) is 15.1. The number of carbonyl (C=O) groups excluding carboxylic acids is 2. The zero-order valence-corrected chi connectivity index (χ0v) is 27.5. The number of anilines is 2. The van der Waals surface area contributed by atoms with Crippen molar-refractivity contribution in [3.05, 3.63) is 99.7 Å². The maximum Gasteiger partial charge on any atom is 0.411 e. The van der Waals surface area contributed by atoms with Crippen molar-refractivity contribution in [2.45, 2.75) is 51.8 Å². The van der Waals surface area contributed by atoms with Crippen LogP contribution in [-0.4, -0.2) is 59.5 Å². The first-order valence-corrected chi connectivity index (χ1v) is 15.1. The van der Waals surface area contributed by atoms with Gasteiger partial charge in [0.2, 0.25) is 0 Å². The number of rotatable bonds is 11. The van der Waals surface area contributed by atoms with Crippen molar-refractivity contribution in [3.8, 4) is 5.75 Å². The maximum absolute atomic E-state index is 14.1. The molecule has 0 saturated heterocycles. The summed E-state index contributed by atoms with van der Waals surface area (Å²) in [5, 5.41) is 15.8. The van der Waals surface area contributed by atoms with Crippen LogP contribution in [0.25, 0.3) is 10.8 Å². The summed E-state index contributed by atoms with van der Waals surface area (Å²) >= 11 is 0. The van der Waals surface area contributed by atoms with Gasteiger partial charge in [-0.1, -0.05) is 31.2 Å². The van der Waals surface area contributed by atoms with Gasteiger partial charge < -0.3 is 34.5 Å². The van der Waals surface area contributed by atoms with E-state index in [0.29, 0.717) is 28.3 Å². The average molecular weight is 663 g/mol. The van der Waals surface area contributed by atoms with E-state index in [4.69, 9.17) is 14.2 Å². The van der Waals surface area contributed by atoms with E-state index >= 15 is 0 Å². The van der Waals surface area contributed by atoms with E-state index in [1.165, 1.54) is 30.2 Å². The number of hydrogen-bond donors (Lipinski definition) is 4. The normalized spacial score (nSPS) is 12.5. The van der Waals surface area contributed by atoms with Crippen LogP contribution in [0.4, 0.5) is 25.4 Å². The minimum absolute atomic E-state index is 0.00851. The van der Waals surface area contributed by atoms with Gasteiger partial charge in [-0.3, -0.25) is 10.1 Å². The van der Waals surface area contributed by atoms with Gasteiger partial charge in [-0.15, -0.1) is 0 Å². The van der Waals surface area contributed by atoms with Gasteiger partial charge in [0.05, 0.1) is 19.1 Å². The summed E-state index contributed by atoms with van der Waals surface area (Å²) < 4.78 is 30.5. The minimum Gasteiger partial charge on any atom is -0.496 e. The first-order chi connectivity index (χ1) is 22.6. The molecule has 0 saturated carbocycles. The van der Waals surface area contributed by atoms with Gasteiger partial charge in [0, 0.05) is 48.0 Å². The Bertz CT molecular complexity index is 1870. The number of nitrogens with zero attached hydrogens (tertiary/aromatic N) is 1. The van der Waals surface area contributed by atoms with Crippen molar-refractivity contribution in [3.63, 3.8) is 0 Å². The highest BCUT2D eigenvalue weighted by atomic mass is 19.1. The summed E-state index contributed by atoms with van der Waals surface area (Å²) in [5.41, 5.74) is 1.48. The number of aliphatic carboxylic acids is 1. The molecule has 48 heavy (non-hydrogen) atoms. The number of carboxylic acid groups (broad SMARTS) is 1. The number of methoxy groups -OCH3 is 1. The second-order valence-electron chi connectivity index (χ2n) is 12.3. The van der Waals surface area contributed by atoms with Crippen LogP contribution >= 0.6 is 0 Å². The van der Waals surface area contributed by atoms with Crippen LogP contribution in [0.5, 0.6) is 5.75 Å². The molecule has 254 valence electrons. The molecule has 0 spiro atoms. The average Bonchev–Trinajstić information content (AvgIpc) is 3.03. The number of carboxylic acids is 1. The number of benzene rings is 3. The van der Waals surface area contributed by atoms with Crippen molar-refractivity contribution in [2.75, 3.05) is 31.4 Å². The van der Waals surface area contributed by atoms with Crippen LogP contribution in [0, 0.1) is 5.82 Å².